The first-order chi connectivity index (χ1) is 13.4. The molecule has 1 fully saturated rings. The van der Waals surface area contributed by atoms with E-state index in [0.717, 1.165) is 4.68 Å². The standard InChI is InChI=1S/C20H17ClFN3O3/c1-11-4-2-5-13(21)16(11)19(26)25-15-7-3-6-14(22)17(15)18(23-25)24-9-8-12(10-24)20(27)28/h2-7,12H,8-10H2,1H3,(H,27,28). The molecular formula is C20H17ClFN3O3. The van der Waals surface area contributed by atoms with E-state index in [4.69, 9.17) is 11.6 Å². The van der Waals surface area contributed by atoms with E-state index in [1.807, 2.05) is 0 Å². The number of carboxylic acid groups (broad SMARTS) is 1. The molecule has 0 aliphatic carbocycles. The van der Waals surface area contributed by atoms with Crippen LogP contribution in [0.15, 0.2) is 36.4 Å². The maximum atomic E-state index is 14.7. The first kappa shape index (κ1) is 18.4. The van der Waals surface area contributed by atoms with Crippen LogP contribution in [0.3, 0.4) is 0 Å². The van der Waals surface area contributed by atoms with Crippen LogP contribution in [-0.4, -0.2) is 39.9 Å². The third-order valence-electron chi connectivity index (χ3n) is 5.10. The van der Waals surface area contributed by atoms with E-state index in [2.05, 4.69) is 5.10 Å². The number of hydrogen-bond acceptors (Lipinski definition) is 4. The normalized spacial score (nSPS) is 16.7. The fourth-order valence-electron chi connectivity index (χ4n) is 3.65. The Hall–Kier alpha value is -2.93. The number of carbonyl (C=O) groups excluding carboxylic acids is 1. The van der Waals surface area contributed by atoms with Gasteiger partial charge in [0.25, 0.3) is 5.91 Å². The lowest BCUT2D eigenvalue weighted by Crippen LogP contribution is -2.24. The summed E-state index contributed by atoms with van der Waals surface area (Å²) in [4.78, 5) is 26.2. The highest BCUT2D eigenvalue weighted by atomic mass is 35.5. The summed E-state index contributed by atoms with van der Waals surface area (Å²) in [6, 6.07) is 9.56. The molecule has 1 aliphatic rings. The number of carbonyl (C=O) groups is 2. The summed E-state index contributed by atoms with van der Waals surface area (Å²) in [5.41, 5.74) is 1.30. The lowest BCUT2D eigenvalue weighted by Gasteiger charge is -2.15. The van der Waals surface area contributed by atoms with Gasteiger partial charge in [0.15, 0.2) is 5.82 Å². The van der Waals surface area contributed by atoms with Gasteiger partial charge in [0.05, 0.1) is 27.4 Å². The van der Waals surface area contributed by atoms with Gasteiger partial charge in [-0.15, -0.1) is 5.10 Å². The zero-order valence-electron chi connectivity index (χ0n) is 15.0. The molecule has 144 valence electrons. The first-order valence-corrected chi connectivity index (χ1v) is 9.21. The number of hydrogen-bond donors (Lipinski definition) is 1. The highest BCUT2D eigenvalue weighted by Crippen LogP contribution is 2.33. The lowest BCUT2D eigenvalue weighted by molar-refractivity contribution is -0.140. The molecule has 0 radical (unpaired) electrons. The van der Waals surface area contributed by atoms with Crippen LogP contribution >= 0.6 is 11.6 Å². The number of carboxylic acids is 1. The summed E-state index contributed by atoms with van der Waals surface area (Å²) in [5, 5.41) is 14.1. The number of aromatic nitrogens is 2. The van der Waals surface area contributed by atoms with E-state index in [1.165, 1.54) is 12.1 Å². The summed E-state index contributed by atoms with van der Waals surface area (Å²) in [7, 11) is 0. The maximum Gasteiger partial charge on any atom is 0.308 e. The molecule has 3 aromatic rings. The first-order valence-electron chi connectivity index (χ1n) is 8.83. The van der Waals surface area contributed by atoms with E-state index in [9.17, 15) is 19.1 Å². The van der Waals surface area contributed by atoms with Crippen LogP contribution in [0, 0.1) is 18.7 Å². The van der Waals surface area contributed by atoms with Crippen molar-refractivity contribution in [2.75, 3.05) is 18.0 Å². The number of nitrogens with zero attached hydrogens (tertiary/aromatic N) is 3. The molecule has 8 heteroatoms. The van der Waals surface area contributed by atoms with Crippen molar-refractivity contribution < 1.29 is 19.1 Å². The average molecular weight is 402 g/mol. The molecule has 1 atom stereocenters. The van der Waals surface area contributed by atoms with E-state index in [1.54, 1.807) is 36.1 Å². The van der Waals surface area contributed by atoms with Crippen LogP contribution in [-0.2, 0) is 4.79 Å². The molecule has 28 heavy (non-hydrogen) atoms. The SMILES string of the molecule is Cc1cccc(Cl)c1C(=O)n1nc(N2CCC(C(=O)O)C2)c2c(F)cccc21. The Kier molecular flexibility index (Phi) is 4.55. The second-order valence-corrected chi connectivity index (χ2v) is 7.28. The van der Waals surface area contributed by atoms with Gasteiger partial charge in [0.1, 0.15) is 5.82 Å². The van der Waals surface area contributed by atoms with Crippen molar-refractivity contribution in [1.82, 2.24) is 9.78 Å². The monoisotopic (exact) mass is 401 g/mol. The van der Waals surface area contributed by atoms with Crippen LogP contribution in [0.5, 0.6) is 0 Å². The predicted octanol–water partition coefficient (Wildman–Crippen LogP) is 3.74. The van der Waals surface area contributed by atoms with Crippen molar-refractivity contribution in [2.24, 2.45) is 5.92 Å². The molecule has 1 saturated heterocycles. The Labute approximate surface area is 165 Å². The topological polar surface area (TPSA) is 75.4 Å². The van der Waals surface area contributed by atoms with E-state index < -0.39 is 23.6 Å². The van der Waals surface area contributed by atoms with E-state index in [0.29, 0.717) is 34.6 Å². The molecule has 1 unspecified atom stereocenters. The van der Waals surface area contributed by atoms with E-state index in [-0.39, 0.29) is 17.7 Å². The minimum atomic E-state index is -0.894. The molecule has 4 rings (SSSR count). The quantitative estimate of drug-likeness (QED) is 0.723. The van der Waals surface area contributed by atoms with Crippen molar-refractivity contribution in [3.63, 3.8) is 0 Å². The Morgan fingerprint density at radius 3 is 2.68 bits per heavy atom. The van der Waals surface area contributed by atoms with Crippen LogP contribution in [0.2, 0.25) is 5.02 Å². The second kappa shape index (κ2) is 6.91. The Morgan fingerprint density at radius 1 is 1.25 bits per heavy atom. The number of rotatable bonds is 3. The van der Waals surface area contributed by atoms with Crippen molar-refractivity contribution in [2.45, 2.75) is 13.3 Å². The number of halogens is 2. The molecule has 6 nitrogen and oxygen atoms in total. The third kappa shape index (κ3) is 2.92. The summed E-state index contributed by atoms with van der Waals surface area (Å²) in [6.07, 6.45) is 0.440. The van der Waals surface area contributed by atoms with Crippen molar-refractivity contribution in [1.29, 1.82) is 0 Å². The minimum Gasteiger partial charge on any atom is -0.481 e. The molecular weight excluding hydrogens is 385 g/mol. The lowest BCUT2D eigenvalue weighted by atomic mass is 10.1. The fourth-order valence-corrected chi connectivity index (χ4v) is 3.95. The van der Waals surface area contributed by atoms with Gasteiger partial charge in [0.2, 0.25) is 0 Å². The number of aliphatic carboxylic acids is 1. The molecule has 0 saturated carbocycles. The van der Waals surface area contributed by atoms with Gasteiger partial charge in [-0.3, -0.25) is 9.59 Å². The van der Waals surface area contributed by atoms with Crippen LogP contribution < -0.4 is 4.90 Å². The zero-order valence-corrected chi connectivity index (χ0v) is 15.8. The van der Waals surface area contributed by atoms with Gasteiger partial charge in [-0.1, -0.05) is 29.8 Å². The van der Waals surface area contributed by atoms with Crippen LogP contribution in [0.1, 0.15) is 22.3 Å². The average Bonchev–Trinajstić information content (AvgIpc) is 3.27. The second-order valence-electron chi connectivity index (χ2n) is 6.88. The molecule has 2 aromatic carbocycles. The van der Waals surface area contributed by atoms with Gasteiger partial charge >= 0.3 is 5.97 Å². The third-order valence-corrected chi connectivity index (χ3v) is 5.42. The predicted molar refractivity (Wildman–Crippen MR) is 104 cm³/mol. The molecule has 1 N–H and O–H groups in total. The van der Waals surface area contributed by atoms with Gasteiger partial charge in [-0.05, 0) is 37.1 Å². The highest BCUT2D eigenvalue weighted by molar-refractivity contribution is 6.34. The molecule has 0 spiro atoms. The highest BCUT2D eigenvalue weighted by Gasteiger charge is 2.32. The summed E-state index contributed by atoms with van der Waals surface area (Å²) in [6.45, 7) is 2.41. The van der Waals surface area contributed by atoms with Crippen molar-refractivity contribution >= 4 is 40.2 Å². The smallest absolute Gasteiger partial charge is 0.308 e. The summed E-state index contributed by atoms with van der Waals surface area (Å²) in [5.74, 6) is -2.14. The maximum absolute atomic E-state index is 14.7. The molecule has 0 amide bonds. The Morgan fingerprint density at radius 2 is 2.00 bits per heavy atom. The van der Waals surface area contributed by atoms with Crippen molar-refractivity contribution in [3.05, 3.63) is 58.4 Å². The Balaban J connectivity index is 1.86. The molecule has 2 heterocycles. The number of aryl methyl sites for hydroxylation is 1. The number of fused-ring (bicyclic) bond motifs is 1. The minimum absolute atomic E-state index is 0.201. The van der Waals surface area contributed by atoms with Crippen LogP contribution in [0.4, 0.5) is 10.2 Å². The fraction of sp³-hybridized carbons (Fsp3) is 0.250. The van der Waals surface area contributed by atoms with Gasteiger partial charge in [-0.2, -0.15) is 4.68 Å². The van der Waals surface area contributed by atoms with Gasteiger partial charge in [0, 0.05) is 13.1 Å². The molecule has 1 aliphatic heterocycles. The summed E-state index contributed by atoms with van der Waals surface area (Å²) >= 11 is 6.23. The summed E-state index contributed by atoms with van der Waals surface area (Å²) < 4.78 is 15.8. The van der Waals surface area contributed by atoms with Crippen molar-refractivity contribution in [3.8, 4) is 0 Å². The number of anilines is 1. The zero-order chi connectivity index (χ0) is 20.0. The Bertz CT molecular complexity index is 1090. The van der Waals surface area contributed by atoms with Gasteiger partial charge < -0.3 is 10.0 Å². The van der Waals surface area contributed by atoms with Gasteiger partial charge in [-0.25, -0.2) is 4.39 Å². The molecule has 0 bridgehead atoms. The largest absolute Gasteiger partial charge is 0.481 e. The van der Waals surface area contributed by atoms with Crippen LogP contribution in [0.25, 0.3) is 10.9 Å². The number of benzene rings is 2. The van der Waals surface area contributed by atoms with E-state index >= 15 is 0 Å². The molecule has 1 aromatic heterocycles.